The van der Waals surface area contributed by atoms with Crippen LogP contribution >= 0.6 is 0 Å². The molecule has 0 nitrogen and oxygen atoms in total. The van der Waals surface area contributed by atoms with Gasteiger partial charge in [-0.1, -0.05) is 212 Å². The minimum atomic E-state index is 1.20. The van der Waals surface area contributed by atoms with Gasteiger partial charge in [-0.2, -0.15) is 0 Å². The monoisotopic (exact) mass is 684 g/mol. The van der Waals surface area contributed by atoms with Crippen molar-refractivity contribution in [2.45, 2.75) is 0 Å². The number of benzene rings is 10. The van der Waals surface area contributed by atoms with Gasteiger partial charge < -0.3 is 0 Å². The molecule has 0 spiro atoms. The first-order valence-corrected chi connectivity index (χ1v) is 18.7. The van der Waals surface area contributed by atoms with Crippen LogP contribution in [0, 0.1) is 0 Å². The maximum Gasteiger partial charge on any atom is -0.00261 e. The van der Waals surface area contributed by atoms with E-state index in [2.05, 4.69) is 218 Å². The molecule has 54 heavy (non-hydrogen) atoms. The lowest BCUT2D eigenvalue weighted by Gasteiger charge is -2.20. The van der Waals surface area contributed by atoms with Crippen molar-refractivity contribution in [3.63, 3.8) is 0 Å². The normalized spacial score (nSPS) is 11.3. The Morgan fingerprint density at radius 1 is 0.185 bits per heavy atom. The summed E-state index contributed by atoms with van der Waals surface area (Å²) >= 11 is 0. The minimum Gasteiger partial charge on any atom is -0.0622 e. The van der Waals surface area contributed by atoms with Crippen molar-refractivity contribution in [2.24, 2.45) is 0 Å². The first-order chi connectivity index (χ1) is 26.8. The molecular formula is C54H36. The average molecular weight is 685 g/mol. The molecule has 0 N–H and O–H groups in total. The zero-order chi connectivity index (χ0) is 35.8. The summed E-state index contributed by atoms with van der Waals surface area (Å²) in [6.45, 7) is 0. The Bertz CT molecular complexity index is 2890. The molecule has 0 fully saturated rings. The summed E-state index contributed by atoms with van der Waals surface area (Å²) in [6.07, 6.45) is 0. The molecule has 0 amide bonds. The van der Waals surface area contributed by atoms with Crippen molar-refractivity contribution < 1.29 is 0 Å². The first kappa shape index (κ1) is 31.7. The predicted molar refractivity (Wildman–Crippen MR) is 232 cm³/mol. The summed E-state index contributed by atoms with van der Waals surface area (Å²) in [5.74, 6) is 0. The Balaban J connectivity index is 1.24. The molecule has 0 radical (unpaired) electrons. The summed E-state index contributed by atoms with van der Waals surface area (Å²) in [7, 11) is 0. The van der Waals surface area contributed by atoms with Crippen LogP contribution in [0.2, 0.25) is 0 Å². The molecule has 0 aliphatic carbocycles. The van der Waals surface area contributed by atoms with Gasteiger partial charge in [0, 0.05) is 0 Å². The van der Waals surface area contributed by atoms with Gasteiger partial charge >= 0.3 is 0 Å². The maximum atomic E-state index is 2.45. The molecule has 10 aromatic carbocycles. The Kier molecular flexibility index (Phi) is 7.93. The summed E-state index contributed by atoms with van der Waals surface area (Å²) in [5, 5.41) is 7.52. The van der Waals surface area contributed by atoms with E-state index in [1.54, 1.807) is 0 Å². The number of fused-ring (bicyclic) bond motifs is 3. The minimum absolute atomic E-state index is 1.20. The molecule has 0 saturated carbocycles. The lowest BCUT2D eigenvalue weighted by atomic mass is 9.83. The molecule has 0 heteroatoms. The van der Waals surface area contributed by atoms with Crippen LogP contribution in [0.25, 0.3) is 99.1 Å². The first-order valence-electron chi connectivity index (χ1n) is 18.7. The van der Waals surface area contributed by atoms with E-state index in [4.69, 9.17) is 0 Å². The van der Waals surface area contributed by atoms with E-state index in [1.807, 2.05) is 0 Å². The highest BCUT2D eigenvalue weighted by atomic mass is 14.2. The van der Waals surface area contributed by atoms with Crippen molar-refractivity contribution in [3.05, 3.63) is 218 Å². The molecule has 10 aromatic rings. The second-order valence-corrected chi connectivity index (χ2v) is 14.0. The molecule has 0 bridgehead atoms. The van der Waals surface area contributed by atoms with Crippen LogP contribution in [0.1, 0.15) is 0 Å². The molecule has 10 rings (SSSR count). The molecule has 0 saturated heterocycles. The van der Waals surface area contributed by atoms with E-state index in [0.717, 1.165) is 0 Å². The molecule has 0 aromatic heterocycles. The van der Waals surface area contributed by atoms with Crippen LogP contribution < -0.4 is 0 Å². The van der Waals surface area contributed by atoms with Gasteiger partial charge in [0.15, 0.2) is 0 Å². The zero-order valence-corrected chi connectivity index (χ0v) is 29.8. The largest absolute Gasteiger partial charge is 0.0622 e. The van der Waals surface area contributed by atoms with Gasteiger partial charge in [-0.3, -0.25) is 0 Å². The van der Waals surface area contributed by atoms with Crippen molar-refractivity contribution >= 4 is 32.3 Å². The van der Waals surface area contributed by atoms with Gasteiger partial charge in [0.1, 0.15) is 0 Å². The fourth-order valence-corrected chi connectivity index (χ4v) is 8.42. The molecule has 0 aliphatic heterocycles. The fourth-order valence-electron chi connectivity index (χ4n) is 8.42. The van der Waals surface area contributed by atoms with Gasteiger partial charge in [0.2, 0.25) is 0 Å². The molecule has 252 valence electrons. The third-order valence-electron chi connectivity index (χ3n) is 10.9. The highest BCUT2D eigenvalue weighted by Gasteiger charge is 2.20. The van der Waals surface area contributed by atoms with E-state index in [9.17, 15) is 0 Å². The second-order valence-electron chi connectivity index (χ2n) is 14.0. The topological polar surface area (TPSA) is 0 Å². The molecule has 0 unspecified atom stereocenters. The molecular weight excluding hydrogens is 649 g/mol. The van der Waals surface area contributed by atoms with E-state index in [-0.39, 0.29) is 0 Å². The van der Waals surface area contributed by atoms with Gasteiger partial charge in [0.05, 0.1) is 0 Å². The molecule has 0 atom stereocenters. The highest BCUT2D eigenvalue weighted by Crippen LogP contribution is 2.47. The van der Waals surface area contributed by atoms with Crippen LogP contribution in [0.5, 0.6) is 0 Å². The lowest BCUT2D eigenvalue weighted by molar-refractivity contribution is 1.56. The summed E-state index contributed by atoms with van der Waals surface area (Å²) < 4.78 is 0. The Hall–Kier alpha value is -7.02. The van der Waals surface area contributed by atoms with Crippen LogP contribution in [0.4, 0.5) is 0 Å². The number of hydrogen-bond acceptors (Lipinski definition) is 0. The van der Waals surface area contributed by atoms with Gasteiger partial charge in [-0.05, 0) is 105 Å². The number of rotatable bonds is 6. The van der Waals surface area contributed by atoms with Crippen LogP contribution in [-0.4, -0.2) is 0 Å². The maximum absolute atomic E-state index is 2.45. The average Bonchev–Trinajstić information content (AvgIpc) is 3.26. The van der Waals surface area contributed by atoms with Crippen molar-refractivity contribution in [2.75, 3.05) is 0 Å². The van der Waals surface area contributed by atoms with Gasteiger partial charge in [-0.15, -0.1) is 0 Å². The fraction of sp³-hybridized carbons (Fsp3) is 0. The Morgan fingerprint density at radius 3 is 1.24 bits per heavy atom. The van der Waals surface area contributed by atoms with Crippen LogP contribution in [0.3, 0.4) is 0 Å². The SMILES string of the molecule is c1ccc(-c2ccc(-c3ccccc3-c3cc(-c4c5ccccc5c(-c5ccccc5)c5ccccc45)ccc3-c3cccc4ccccc34)cc2)cc1. The highest BCUT2D eigenvalue weighted by molar-refractivity contribution is 6.21. The van der Waals surface area contributed by atoms with E-state index >= 15 is 0 Å². The van der Waals surface area contributed by atoms with E-state index in [1.165, 1.54) is 99.1 Å². The zero-order valence-electron chi connectivity index (χ0n) is 29.8. The summed E-state index contributed by atoms with van der Waals surface area (Å²) in [6, 6.07) is 79.8. The van der Waals surface area contributed by atoms with Crippen LogP contribution in [0.15, 0.2) is 218 Å². The van der Waals surface area contributed by atoms with E-state index < -0.39 is 0 Å². The number of hydrogen-bond donors (Lipinski definition) is 0. The van der Waals surface area contributed by atoms with Crippen molar-refractivity contribution in [1.82, 2.24) is 0 Å². The second kappa shape index (κ2) is 13.5. The smallest absolute Gasteiger partial charge is 0.00261 e. The molecule has 0 aliphatic rings. The standard InChI is InChI=1S/C54H36/c1-3-16-37(17-4-1)38-30-32-40(33-31-38)44-23-9-10-24-46(44)52-36-42(34-35-47(52)45-29-15-21-39-18-7-8-22-43(39)45)54-50-27-13-11-25-48(50)53(41-19-5-2-6-20-41)49-26-12-14-28-51(49)54/h1-36H. The van der Waals surface area contributed by atoms with Crippen LogP contribution in [-0.2, 0) is 0 Å². The van der Waals surface area contributed by atoms with Crippen molar-refractivity contribution in [3.8, 4) is 66.8 Å². The van der Waals surface area contributed by atoms with E-state index in [0.29, 0.717) is 0 Å². The third kappa shape index (κ3) is 5.48. The van der Waals surface area contributed by atoms with Gasteiger partial charge in [-0.25, -0.2) is 0 Å². The predicted octanol–water partition coefficient (Wildman–Crippen LogP) is 15.1. The Morgan fingerprint density at radius 2 is 0.593 bits per heavy atom. The summed E-state index contributed by atoms with van der Waals surface area (Å²) in [5.41, 5.74) is 14.7. The molecule has 0 heterocycles. The van der Waals surface area contributed by atoms with Crippen molar-refractivity contribution in [1.29, 1.82) is 0 Å². The van der Waals surface area contributed by atoms with Gasteiger partial charge in [0.25, 0.3) is 0 Å². The summed E-state index contributed by atoms with van der Waals surface area (Å²) in [4.78, 5) is 0. The third-order valence-corrected chi connectivity index (χ3v) is 10.9. The Labute approximate surface area is 316 Å². The quantitative estimate of drug-likeness (QED) is 0.153. The lowest BCUT2D eigenvalue weighted by Crippen LogP contribution is -1.94.